The summed E-state index contributed by atoms with van der Waals surface area (Å²) < 4.78 is 42.8. The van der Waals surface area contributed by atoms with Gasteiger partial charge in [0.1, 0.15) is 17.3 Å². The summed E-state index contributed by atoms with van der Waals surface area (Å²) in [6.07, 6.45) is -4.40. The van der Waals surface area contributed by atoms with Gasteiger partial charge in [-0.2, -0.15) is 13.2 Å². The molecule has 0 radical (unpaired) electrons. The molecule has 0 amide bonds. The van der Waals surface area contributed by atoms with Gasteiger partial charge < -0.3 is 10.5 Å². The first-order valence-electron chi connectivity index (χ1n) is 5.76. The van der Waals surface area contributed by atoms with Crippen molar-refractivity contribution in [3.05, 3.63) is 58.6 Å². The van der Waals surface area contributed by atoms with E-state index in [4.69, 9.17) is 27.5 Å². The predicted molar refractivity (Wildman–Crippen MR) is 74.0 cm³/mol. The summed E-state index contributed by atoms with van der Waals surface area (Å²) in [7, 11) is 0. The molecule has 0 aliphatic rings. The highest BCUT2D eigenvalue weighted by molar-refractivity contribution is 6.30. The van der Waals surface area contributed by atoms with Crippen molar-refractivity contribution >= 4 is 17.4 Å². The Balaban J connectivity index is 2.30. The Morgan fingerprint density at radius 2 is 1.71 bits per heavy atom. The molecule has 3 nitrogen and oxygen atoms in total. The molecule has 0 unspecified atom stereocenters. The molecular weight excluding hydrogens is 305 g/mol. The van der Waals surface area contributed by atoms with Gasteiger partial charge in [0.15, 0.2) is 0 Å². The fourth-order valence-corrected chi connectivity index (χ4v) is 1.80. The quantitative estimate of drug-likeness (QED) is 0.650. The van der Waals surface area contributed by atoms with Crippen molar-refractivity contribution in [3.8, 4) is 11.5 Å². The zero-order chi connectivity index (χ0) is 15.6. The van der Waals surface area contributed by atoms with Crippen molar-refractivity contribution in [1.29, 1.82) is 5.41 Å². The van der Waals surface area contributed by atoms with E-state index in [1.54, 1.807) is 0 Å². The van der Waals surface area contributed by atoms with E-state index in [-0.39, 0.29) is 17.3 Å². The number of alkyl halides is 3. The van der Waals surface area contributed by atoms with Gasteiger partial charge in [-0.15, -0.1) is 0 Å². The number of nitrogens with one attached hydrogen (secondary N) is 1. The van der Waals surface area contributed by atoms with E-state index in [9.17, 15) is 13.2 Å². The Morgan fingerprint density at radius 3 is 2.24 bits per heavy atom. The maximum atomic E-state index is 12.5. The van der Waals surface area contributed by atoms with Crippen molar-refractivity contribution in [2.45, 2.75) is 6.18 Å². The highest BCUT2D eigenvalue weighted by atomic mass is 35.5. The van der Waals surface area contributed by atoms with Gasteiger partial charge in [-0.1, -0.05) is 11.6 Å². The second-order valence-corrected chi connectivity index (χ2v) is 4.61. The fourth-order valence-electron chi connectivity index (χ4n) is 1.64. The number of benzene rings is 2. The monoisotopic (exact) mass is 314 g/mol. The zero-order valence-electron chi connectivity index (χ0n) is 10.5. The van der Waals surface area contributed by atoms with E-state index in [0.717, 1.165) is 12.1 Å². The average molecular weight is 315 g/mol. The van der Waals surface area contributed by atoms with Gasteiger partial charge in [-0.3, -0.25) is 5.41 Å². The standard InChI is InChI=1S/C14H10ClF3N2O/c15-9-3-6-11(13(19)20)12(7-9)21-10-4-1-8(2-5-10)14(16,17)18/h1-7H,(H3,19,20). The van der Waals surface area contributed by atoms with Crippen LogP contribution >= 0.6 is 11.6 Å². The molecule has 2 rings (SSSR count). The lowest BCUT2D eigenvalue weighted by Crippen LogP contribution is -2.12. The maximum Gasteiger partial charge on any atom is 0.416 e. The van der Waals surface area contributed by atoms with Gasteiger partial charge in [0.25, 0.3) is 0 Å². The molecule has 21 heavy (non-hydrogen) atoms. The number of ether oxygens (including phenoxy) is 1. The summed E-state index contributed by atoms with van der Waals surface area (Å²) >= 11 is 5.83. The third kappa shape index (κ3) is 3.66. The Bertz CT molecular complexity index is 669. The molecule has 0 saturated carbocycles. The van der Waals surface area contributed by atoms with Crippen LogP contribution in [0.4, 0.5) is 13.2 Å². The molecule has 0 fully saturated rings. The van der Waals surface area contributed by atoms with Crippen molar-refractivity contribution < 1.29 is 17.9 Å². The molecule has 0 aliphatic heterocycles. The van der Waals surface area contributed by atoms with Crippen LogP contribution < -0.4 is 10.5 Å². The number of nitrogen functional groups attached to an aromatic ring is 1. The Hall–Kier alpha value is -2.21. The lowest BCUT2D eigenvalue weighted by molar-refractivity contribution is -0.137. The highest BCUT2D eigenvalue weighted by Gasteiger charge is 2.30. The van der Waals surface area contributed by atoms with Gasteiger partial charge in [0.05, 0.1) is 11.1 Å². The van der Waals surface area contributed by atoms with Gasteiger partial charge in [0.2, 0.25) is 0 Å². The second-order valence-electron chi connectivity index (χ2n) is 4.18. The minimum atomic E-state index is -4.40. The van der Waals surface area contributed by atoms with Crippen LogP contribution in [0.25, 0.3) is 0 Å². The molecule has 110 valence electrons. The molecule has 2 aromatic carbocycles. The van der Waals surface area contributed by atoms with Gasteiger partial charge in [0, 0.05) is 11.1 Å². The SMILES string of the molecule is N=C(N)c1ccc(Cl)cc1Oc1ccc(C(F)(F)F)cc1. The van der Waals surface area contributed by atoms with Crippen molar-refractivity contribution in [2.24, 2.45) is 5.73 Å². The number of rotatable bonds is 3. The normalized spacial score (nSPS) is 11.2. The van der Waals surface area contributed by atoms with E-state index in [0.29, 0.717) is 10.6 Å². The van der Waals surface area contributed by atoms with E-state index < -0.39 is 11.7 Å². The van der Waals surface area contributed by atoms with Crippen molar-refractivity contribution in [3.63, 3.8) is 0 Å². The summed E-state index contributed by atoms with van der Waals surface area (Å²) in [5.41, 5.74) is 4.95. The molecule has 0 aliphatic carbocycles. The van der Waals surface area contributed by atoms with E-state index >= 15 is 0 Å². The third-order valence-corrected chi connectivity index (χ3v) is 2.88. The molecular formula is C14H10ClF3N2O. The Morgan fingerprint density at radius 1 is 1.10 bits per heavy atom. The minimum Gasteiger partial charge on any atom is -0.457 e. The smallest absolute Gasteiger partial charge is 0.416 e. The molecule has 7 heteroatoms. The van der Waals surface area contributed by atoms with Gasteiger partial charge in [-0.25, -0.2) is 0 Å². The summed E-state index contributed by atoms with van der Waals surface area (Å²) in [5.74, 6) is 0.163. The number of nitrogens with two attached hydrogens (primary N) is 1. The van der Waals surface area contributed by atoms with Crippen LogP contribution in [0.1, 0.15) is 11.1 Å². The number of amidine groups is 1. The number of hydrogen-bond donors (Lipinski definition) is 2. The van der Waals surface area contributed by atoms with Crippen molar-refractivity contribution in [1.82, 2.24) is 0 Å². The molecule has 2 aromatic rings. The third-order valence-electron chi connectivity index (χ3n) is 2.64. The van der Waals surface area contributed by atoms with Gasteiger partial charge in [-0.05, 0) is 36.4 Å². The van der Waals surface area contributed by atoms with E-state index in [1.165, 1.54) is 30.3 Å². The predicted octanol–water partition coefficient (Wildman–Crippen LogP) is 4.44. The van der Waals surface area contributed by atoms with Crippen LogP contribution in [0.15, 0.2) is 42.5 Å². The summed E-state index contributed by atoms with van der Waals surface area (Å²) in [6.45, 7) is 0. The zero-order valence-corrected chi connectivity index (χ0v) is 11.3. The molecule has 0 saturated heterocycles. The summed E-state index contributed by atoms with van der Waals surface area (Å²) in [4.78, 5) is 0. The fraction of sp³-hybridized carbons (Fsp3) is 0.0714. The Labute approximate surface area is 123 Å². The van der Waals surface area contributed by atoms with Crippen LogP contribution in [-0.4, -0.2) is 5.84 Å². The van der Waals surface area contributed by atoms with Crippen LogP contribution in [0.3, 0.4) is 0 Å². The van der Waals surface area contributed by atoms with Crippen molar-refractivity contribution in [2.75, 3.05) is 0 Å². The largest absolute Gasteiger partial charge is 0.457 e. The maximum absolute atomic E-state index is 12.5. The average Bonchev–Trinajstić information content (AvgIpc) is 2.38. The lowest BCUT2D eigenvalue weighted by Gasteiger charge is -2.12. The summed E-state index contributed by atoms with van der Waals surface area (Å²) in [5, 5.41) is 7.80. The van der Waals surface area contributed by atoms with E-state index in [1.807, 2.05) is 0 Å². The van der Waals surface area contributed by atoms with Crippen LogP contribution in [0, 0.1) is 5.41 Å². The minimum absolute atomic E-state index is 0.188. The second kappa shape index (κ2) is 5.65. The number of hydrogen-bond acceptors (Lipinski definition) is 2. The Kier molecular flexibility index (Phi) is 4.09. The van der Waals surface area contributed by atoms with E-state index in [2.05, 4.69) is 0 Å². The topological polar surface area (TPSA) is 59.1 Å². The van der Waals surface area contributed by atoms with Crippen LogP contribution in [-0.2, 0) is 6.18 Å². The van der Waals surface area contributed by atoms with Crippen LogP contribution in [0.5, 0.6) is 11.5 Å². The highest BCUT2D eigenvalue weighted by Crippen LogP contribution is 2.32. The molecule has 0 bridgehead atoms. The number of halogens is 4. The molecule has 0 heterocycles. The van der Waals surface area contributed by atoms with Gasteiger partial charge >= 0.3 is 6.18 Å². The first kappa shape index (κ1) is 15.2. The molecule has 0 spiro atoms. The van der Waals surface area contributed by atoms with Crippen LogP contribution in [0.2, 0.25) is 5.02 Å². The summed E-state index contributed by atoms with van der Waals surface area (Å²) in [6, 6.07) is 8.68. The molecule has 0 atom stereocenters. The molecule has 3 N–H and O–H groups in total. The first-order valence-corrected chi connectivity index (χ1v) is 6.14. The first-order chi connectivity index (χ1) is 9.77. The lowest BCUT2D eigenvalue weighted by atomic mass is 10.2. The molecule has 0 aromatic heterocycles.